The maximum Gasteiger partial charge on any atom is 0.252 e. The van der Waals surface area contributed by atoms with Gasteiger partial charge in [-0.3, -0.25) is 9.20 Å². The van der Waals surface area contributed by atoms with Gasteiger partial charge in [-0.05, 0) is 26.1 Å². The molecule has 90 valence electrons. The molecular formula is C11H15N5O. The zero-order valence-corrected chi connectivity index (χ0v) is 9.84. The summed E-state index contributed by atoms with van der Waals surface area (Å²) in [4.78, 5) is 11.8. The average molecular weight is 233 g/mol. The van der Waals surface area contributed by atoms with E-state index in [-0.39, 0.29) is 11.9 Å². The van der Waals surface area contributed by atoms with Crippen LogP contribution in [0.5, 0.6) is 0 Å². The SMILES string of the molecule is CNC(C)CNC(=O)c1ccc2nncn2c1. The van der Waals surface area contributed by atoms with Crippen molar-refractivity contribution in [1.29, 1.82) is 0 Å². The number of hydrogen-bond acceptors (Lipinski definition) is 4. The first kappa shape index (κ1) is 11.5. The Kier molecular flexibility index (Phi) is 3.34. The number of likely N-dealkylation sites (N-methyl/N-ethyl adjacent to an activating group) is 1. The van der Waals surface area contributed by atoms with Crippen LogP contribution in [0.4, 0.5) is 0 Å². The van der Waals surface area contributed by atoms with Gasteiger partial charge in [-0.25, -0.2) is 0 Å². The van der Waals surface area contributed by atoms with Crippen molar-refractivity contribution in [1.82, 2.24) is 25.2 Å². The minimum atomic E-state index is -0.0947. The molecule has 0 saturated heterocycles. The molecule has 0 spiro atoms. The molecule has 0 bridgehead atoms. The highest BCUT2D eigenvalue weighted by molar-refractivity contribution is 5.94. The minimum Gasteiger partial charge on any atom is -0.350 e. The molecule has 1 unspecified atom stereocenters. The molecule has 0 aliphatic carbocycles. The molecule has 17 heavy (non-hydrogen) atoms. The van der Waals surface area contributed by atoms with Gasteiger partial charge in [0.05, 0.1) is 5.56 Å². The van der Waals surface area contributed by atoms with Gasteiger partial charge in [0.1, 0.15) is 6.33 Å². The lowest BCUT2D eigenvalue weighted by molar-refractivity contribution is 0.0950. The van der Waals surface area contributed by atoms with Crippen molar-refractivity contribution in [2.24, 2.45) is 0 Å². The molecule has 2 heterocycles. The monoisotopic (exact) mass is 233 g/mol. The first-order valence-corrected chi connectivity index (χ1v) is 5.45. The van der Waals surface area contributed by atoms with Crippen LogP contribution in [0.2, 0.25) is 0 Å². The molecule has 1 amide bonds. The van der Waals surface area contributed by atoms with E-state index in [9.17, 15) is 4.79 Å². The third-order valence-electron chi connectivity index (χ3n) is 2.61. The van der Waals surface area contributed by atoms with Crippen LogP contribution >= 0.6 is 0 Å². The van der Waals surface area contributed by atoms with E-state index < -0.39 is 0 Å². The normalized spacial score (nSPS) is 12.6. The Morgan fingerprint density at radius 2 is 2.35 bits per heavy atom. The van der Waals surface area contributed by atoms with Crippen LogP contribution in [0.25, 0.3) is 5.65 Å². The highest BCUT2D eigenvalue weighted by atomic mass is 16.1. The molecule has 2 rings (SSSR count). The molecule has 0 aliphatic rings. The summed E-state index contributed by atoms with van der Waals surface area (Å²) >= 11 is 0. The van der Waals surface area contributed by atoms with E-state index in [0.717, 1.165) is 5.65 Å². The molecule has 0 radical (unpaired) electrons. The summed E-state index contributed by atoms with van der Waals surface area (Å²) in [5.41, 5.74) is 1.32. The van der Waals surface area contributed by atoms with Crippen LogP contribution in [-0.4, -0.2) is 40.1 Å². The predicted octanol–water partition coefficient (Wildman–Crippen LogP) is 0.0670. The molecule has 6 nitrogen and oxygen atoms in total. The Balaban J connectivity index is 2.08. The Hall–Kier alpha value is -1.95. The number of hydrogen-bond donors (Lipinski definition) is 2. The highest BCUT2D eigenvalue weighted by Crippen LogP contribution is 2.03. The van der Waals surface area contributed by atoms with Gasteiger partial charge in [0, 0.05) is 18.8 Å². The van der Waals surface area contributed by atoms with E-state index in [4.69, 9.17) is 0 Å². The first-order valence-electron chi connectivity index (χ1n) is 5.45. The van der Waals surface area contributed by atoms with E-state index >= 15 is 0 Å². The predicted molar refractivity (Wildman–Crippen MR) is 63.8 cm³/mol. The lowest BCUT2D eigenvalue weighted by Crippen LogP contribution is -2.37. The fourth-order valence-corrected chi connectivity index (χ4v) is 1.41. The molecule has 2 N–H and O–H groups in total. The second-order valence-electron chi connectivity index (χ2n) is 3.91. The third kappa shape index (κ3) is 2.59. The number of aromatic nitrogens is 3. The van der Waals surface area contributed by atoms with E-state index in [1.807, 2.05) is 14.0 Å². The molecule has 0 fully saturated rings. The number of carbonyl (C=O) groups excluding carboxylic acids is 1. The number of rotatable bonds is 4. The van der Waals surface area contributed by atoms with Gasteiger partial charge in [-0.1, -0.05) is 0 Å². The van der Waals surface area contributed by atoms with Crippen molar-refractivity contribution in [2.75, 3.05) is 13.6 Å². The maximum atomic E-state index is 11.8. The Morgan fingerprint density at radius 3 is 3.12 bits per heavy atom. The molecular weight excluding hydrogens is 218 g/mol. The fourth-order valence-electron chi connectivity index (χ4n) is 1.41. The van der Waals surface area contributed by atoms with Crippen LogP contribution in [0.3, 0.4) is 0 Å². The lowest BCUT2D eigenvalue weighted by Gasteiger charge is -2.11. The van der Waals surface area contributed by atoms with Gasteiger partial charge in [0.25, 0.3) is 5.91 Å². The number of nitrogens with one attached hydrogen (secondary N) is 2. The van der Waals surface area contributed by atoms with Crippen LogP contribution < -0.4 is 10.6 Å². The number of nitrogens with zero attached hydrogens (tertiary/aromatic N) is 3. The summed E-state index contributed by atoms with van der Waals surface area (Å²) in [6, 6.07) is 3.75. The van der Waals surface area contributed by atoms with Crippen molar-refractivity contribution in [2.45, 2.75) is 13.0 Å². The van der Waals surface area contributed by atoms with Crippen LogP contribution in [0.15, 0.2) is 24.7 Å². The number of pyridine rings is 1. The summed E-state index contributed by atoms with van der Waals surface area (Å²) in [5.74, 6) is -0.0947. The highest BCUT2D eigenvalue weighted by Gasteiger charge is 2.07. The van der Waals surface area contributed by atoms with Crippen molar-refractivity contribution >= 4 is 11.6 Å². The van der Waals surface area contributed by atoms with Gasteiger partial charge < -0.3 is 10.6 Å². The van der Waals surface area contributed by atoms with Crippen LogP contribution in [-0.2, 0) is 0 Å². The Bertz CT molecular complexity index is 521. The smallest absolute Gasteiger partial charge is 0.252 e. The lowest BCUT2D eigenvalue weighted by atomic mass is 10.2. The van der Waals surface area contributed by atoms with Crippen molar-refractivity contribution in [3.05, 3.63) is 30.2 Å². The van der Waals surface area contributed by atoms with E-state index in [0.29, 0.717) is 12.1 Å². The second-order valence-corrected chi connectivity index (χ2v) is 3.91. The molecule has 0 aliphatic heterocycles. The molecule has 2 aromatic heterocycles. The topological polar surface area (TPSA) is 71.3 Å². The number of carbonyl (C=O) groups is 1. The second kappa shape index (κ2) is 4.92. The van der Waals surface area contributed by atoms with E-state index in [1.165, 1.54) is 0 Å². The standard InChI is InChI=1S/C11H15N5O/c1-8(12-2)5-13-11(17)9-3-4-10-15-14-7-16(10)6-9/h3-4,6-8,12H,5H2,1-2H3,(H,13,17). The van der Waals surface area contributed by atoms with Crippen molar-refractivity contribution in [3.63, 3.8) is 0 Å². The maximum absolute atomic E-state index is 11.8. The third-order valence-corrected chi connectivity index (χ3v) is 2.61. The fraction of sp³-hybridized carbons (Fsp3) is 0.364. The Labute approximate surface area is 99.0 Å². The molecule has 6 heteroatoms. The average Bonchev–Trinajstić information content (AvgIpc) is 2.82. The summed E-state index contributed by atoms with van der Waals surface area (Å²) in [6.07, 6.45) is 3.29. The van der Waals surface area contributed by atoms with E-state index in [1.54, 1.807) is 29.1 Å². The van der Waals surface area contributed by atoms with Crippen molar-refractivity contribution in [3.8, 4) is 0 Å². The molecule has 0 aromatic carbocycles. The minimum absolute atomic E-state index is 0.0947. The van der Waals surface area contributed by atoms with E-state index in [2.05, 4.69) is 20.8 Å². The van der Waals surface area contributed by atoms with Crippen LogP contribution in [0.1, 0.15) is 17.3 Å². The zero-order valence-electron chi connectivity index (χ0n) is 9.84. The van der Waals surface area contributed by atoms with Gasteiger partial charge in [-0.2, -0.15) is 0 Å². The number of amides is 1. The summed E-state index contributed by atoms with van der Waals surface area (Å²) in [6.45, 7) is 2.60. The quantitative estimate of drug-likeness (QED) is 0.783. The summed E-state index contributed by atoms with van der Waals surface area (Å²) < 4.78 is 1.72. The van der Waals surface area contributed by atoms with Gasteiger partial charge in [0.15, 0.2) is 5.65 Å². The van der Waals surface area contributed by atoms with Crippen molar-refractivity contribution < 1.29 is 4.79 Å². The molecule has 2 aromatic rings. The van der Waals surface area contributed by atoms with Gasteiger partial charge >= 0.3 is 0 Å². The van der Waals surface area contributed by atoms with Gasteiger partial charge in [0.2, 0.25) is 0 Å². The summed E-state index contributed by atoms with van der Waals surface area (Å²) in [5, 5.41) is 13.5. The van der Waals surface area contributed by atoms with Gasteiger partial charge in [-0.15, -0.1) is 10.2 Å². The van der Waals surface area contributed by atoms with Crippen LogP contribution in [0, 0.1) is 0 Å². The molecule has 0 saturated carbocycles. The first-order chi connectivity index (χ1) is 8.20. The summed E-state index contributed by atoms with van der Waals surface area (Å²) in [7, 11) is 1.86. The largest absolute Gasteiger partial charge is 0.350 e. The number of fused-ring (bicyclic) bond motifs is 1. The zero-order chi connectivity index (χ0) is 12.3. The molecule has 1 atom stereocenters. The Morgan fingerprint density at radius 1 is 1.53 bits per heavy atom.